The van der Waals surface area contributed by atoms with Crippen LogP contribution in [0, 0.1) is 0 Å². The maximum absolute atomic E-state index is 4.74. The van der Waals surface area contributed by atoms with Gasteiger partial charge >= 0.3 is 0 Å². The molecule has 0 saturated carbocycles. The fourth-order valence-electron chi connectivity index (χ4n) is 7.99. The molecule has 0 aliphatic rings. The molecule has 238 valence electrons. The van der Waals surface area contributed by atoms with Gasteiger partial charge in [0.2, 0.25) is 0 Å². The van der Waals surface area contributed by atoms with E-state index in [-0.39, 0.29) is 0 Å². The topological polar surface area (TPSA) is 48.5 Å². The van der Waals surface area contributed by atoms with E-state index >= 15 is 0 Å². The fraction of sp³-hybridized carbons (Fsp3) is 0. The van der Waals surface area contributed by atoms with Crippen molar-refractivity contribution in [1.82, 2.24) is 24.3 Å². The predicted molar refractivity (Wildman–Crippen MR) is 212 cm³/mol. The molecule has 6 heteroatoms. The summed E-state index contributed by atoms with van der Waals surface area (Å²) in [7, 11) is 0. The van der Waals surface area contributed by atoms with Crippen LogP contribution in [0.15, 0.2) is 164 Å². The lowest BCUT2D eigenvalue weighted by molar-refractivity contribution is 1.09. The molecular formula is C45H27N5S. The Kier molecular flexibility index (Phi) is 6.05. The number of rotatable bonds is 4. The van der Waals surface area contributed by atoms with E-state index in [0.29, 0.717) is 0 Å². The molecule has 0 saturated heterocycles. The molecule has 0 fully saturated rings. The molecule has 0 unspecified atom stereocenters. The number of para-hydroxylation sites is 4. The first-order valence-corrected chi connectivity index (χ1v) is 17.8. The molecule has 11 rings (SSSR count). The van der Waals surface area contributed by atoms with Gasteiger partial charge in [-0.05, 0) is 71.8 Å². The van der Waals surface area contributed by atoms with Crippen LogP contribution in [-0.2, 0) is 0 Å². The van der Waals surface area contributed by atoms with Crippen molar-refractivity contribution in [2.45, 2.75) is 0 Å². The molecule has 51 heavy (non-hydrogen) atoms. The van der Waals surface area contributed by atoms with Gasteiger partial charge in [0.15, 0.2) is 0 Å². The average molecular weight is 670 g/mol. The zero-order valence-corrected chi connectivity index (χ0v) is 28.0. The highest BCUT2D eigenvalue weighted by Crippen LogP contribution is 2.45. The van der Waals surface area contributed by atoms with Crippen molar-refractivity contribution in [3.8, 4) is 33.6 Å². The van der Waals surface area contributed by atoms with Gasteiger partial charge in [-0.3, -0.25) is 4.98 Å². The Balaban J connectivity index is 1.15. The summed E-state index contributed by atoms with van der Waals surface area (Å²) in [5.74, 6) is 0. The van der Waals surface area contributed by atoms with Crippen molar-refractivity contribution in [2.24, 2.45) is 0 Å². The lowest BCUT2D eigenvalue weighted by atomic mass is 9.96. The van der Waals surface area contributed by atoms with Crippen LogP contribution < -0.4 is 0 Å². The molecule has 0 spiro atoms. The van der Waals surface area contributed by atoms with Crippen molar-refractivity contribution in [3.05, 3.63) is 164 Å². The van der Waals surface area contributed by atoms with Crippen LogP contribution in [0.5, 0.6) is 0 Å². The van der Waals surface area contributed by atoms with Gasteiger partial charge in [0, 0.05) is 67.2 Å². The van der Waals surface area contributed by atoms with Gasteiger partial charge in [-0.1, -0.05) is 84.9 Å². The standard InChI is InChI=1S/C45H27N5S/c1-3-11-30(12-4-1)49-38-17-9-7-15-32(38)34-23-28(19-21-40(34)49)36-25-46-27-42-43(36)44-37(26-47-48-45(44)51-42)29-20-22-41-35(24-29)33-16-8-10-18-39(33)50(41)31-13-5-2-6-14-31/h1-27H. The number of hydrogen-bond donors (Lipinski definition) is 0. The first-order chi connectivity index (χ1) is 25.3. The normalized spacial score (nSPS) is 11.9. The van der Waals surface area contributed by atoms with E-state index in [9.17, 15) is 0 Å². The van der Waals surface area contributed by atoms with Crippen LogP contribution in [0.3, 0.4) is 0 Å². The Morgan fingerprint density at radius 1 is 0.431 bits per heavy atom. The monoisotopic (exact) mass is 669 g/mol. The maximum Gasteiger partial charge on any atom is 0.147 e. The van der Waals surface area contributed by atoms with E-state index in [1.54, 1.807) is 11.3 Å². The van der Waals surface area contributed by atoms with Gasteiger partial charge in [-0.2, -0.15) is 5.10 Å². The molecule has 0 N–H and O–H groups in total. The van der Waals surface area contributed by atoms with E-state index in [0.717, 1.165) is 53.9 Å². The van der Waals surface area contributed by atoms with Gasteiger partial charge in [-0.15, -0.1) is 16.4 Å². The van der Waals surface area contributed by atoms with Crippen molar-refractivity contribution < 1.29 is 0 Å². The minimum absolute atomic E-state index is 0.908. The highest BCUT2D eigenvalue weighted by atomic mass is 32.1. The molecule has 0 radical (unpaired) electrons. The summed E-state index contributed by atoms with van der Waals surface area (Å²) < 4.78 is 5.80. The number of fused-ring (bicyclic) bond motifs is 9. The van der Waals surface area contributed by atoms with Crippen molar-refractivity contribution in [1.29, 1.82) is 0 Å². The fourth-order valence-corrected chi connectivity index (χ4v) is 9.03. The molecule has 0 amide bonds. The average Bonchev–Trinajstić information content (AvgIpc) is 3.86. The summed E-state index contributed by atoms with van der Waals surface area (Å²) in [6.45, 7) is 0. The van der Waals surface area contributed by atoms with Gasteiger partial charge < -0.3 is 9.13 Å². The smallest absolute Gasteiger partial charge is 0.147 e. The Hall–Kier alpha value is -6.63. The largest absolute Gasteiger partial charge is 0.309 e. The number of pyridine rings is 1. The zero-order chi connectivity index (χ0) is 33.5. The molecule has 0 bridgehead atoms. The van der Waals surface area contributed by atoms with Gasteiger partial charge in [0.25, 0.3) is 0 Å². The predicted octanol–water partition coefficient (Wildman–Crippen LogP) is 11.8. The van der Waals surface area contributed by atoms with E-state index in [1.165, 1.54) is 43.6 Å². The number of benzene rings is 6. The summed E-state index contributed by atoms with van der Waals surface area (Å²) in [4.78, 5) is 5.65. The number of aromatic nitrogens is 5. The van der Waals surface area contributed by atoms with Crippen LogP contribution in [0.2, 0.25) is 0 Å². The third kappa shape index (κ3) is 4.17. The Morgan fingerprint density at radius 3 is 1.53 bits per heavy atom. The first kappa shape index (κ1) is 28.2. The number of thiophene rings is 1. The molecular weight excluding hydrogens is 643 g/mol. The van der Waals surface area contributed by atoms with Gasteiger partial charge in [0.05, 0.1) is 33.0 Å². The summed E-state index contributed by atoms with van der Waals surface area (Å²) in [5, 5.41) is 16.3. The highest BCUT2D eigenvalue weighted by molar-refractivity contribution is 7.25. The van der Waals surface area contributed by atoms with E-state index in [4.69, 9.17) is 4.98 Å². The Labute approximate surface area is 296 Å². The SMILES string of the molecule is c1ccc(-n2c3ccccc3c3cc(-c4cncc5sc6nncc(-c7ccc8c(c7)c7ccccc7n8-c7ccccc7)c6c45)ccc32)cc1. The lowest BCUT2D eigenvalue weighted by Gasteiger charge is -2.10. The van der Waals surface area contributed by atoms with Crippen LogP contribution in [0.25, 0.3) is 97.5 Å². The van der Waals surface area contributed by atoms with Crippen molar-refractivity contribution >= 4 is 75.3 Å². The second-order valence-corrected chi connectivity index (χ2v) is 14.0. The third-order valence-corrected chi connectivity index (χ3v) is 11.2. The van der Waals surface area contributed by atoms with Crippen LogP contribution in [0.1, 0.15) is 0 Å². The second kappa shape index (κ2) is 10.9. The number of nitrogens with zero attached hydrogens (tertiary/aromatic N) is 5. The van der Waals surface area contributed by atoms with Crippen molar-refractivity contribution in [2.75, 3.05) is 0 Å². The van der Waals surface area contributed by atoms with Gasteiger partial charge in [0.1, 0.15) is 4.83 Å². The lowest BCUT2D eigenvalue weighted by Crippen LogP contribution is -1.93. The molecule has 5 nitrogen and oxygen atoms in total. The quantitative estimate of drug-likeness (QED) is 0.187. The molecule has 5 heterocycles. The first-order valence-electron chi connectivity index (χ1n) is 17.0. The maximum atomic E-state index is 4.74. The summed E-state index contributed by atoms with van der Waals surface area (Å²) >= 11 is 1.65. The van der Waals surface area contributed by atoms with Crippen molar-refractivity contribution in [3.63, 3.8) is 0 Å². The number of hydrogen-bond acceptors (Lipinski definition) is 4. The zero-order valence-electron chi connectivity index (χ0n) is 27.2. The highest BCUT2D eigenvalue weighted by Gasteiger charge is 2.20. The molecule has 0 atom stereocenters. The minimum atomic E-state index is 0.908. The Bertz CT molecular complexity index is 2920. The van der Waals surface area contributed by atoms with E-state index in [2.05, 4.69) is 165 Å². The molecule has 0 aliphatic heterocycles. The minimum Gasteiger partial charge on any atom is -0.309 e. The van der Waals surface area contributed by atoms with E-state index in [1.807, 2.05) is 18.6 Å². The Morgan fingerprint density at radius 2 is 0.941 bits per heavy atom. The summed E-state index contributed by atoms with van der Waals surface area (Å²) in [5.41, 5.74) is 11.4. The summed E-state index contributed by atoms with van der Waals surface area (Å²) in [6, 6.07) is 52.1. The molecule has 6 aromatic carbocycles. The van der Waals surface area contributed by atoms with Crippen LogP contribution >= 0.6 is 11.3 Å². The molecule has 5 aromatic heterocycles. The van der Waals surface area contributed by atoms with Crippen LogP contribution in [0.4, 0.5) is 0 Å². The molecule has 0 aliphatic carbocycles. The molecule has 11 aromatic rings. The third-order valence-electron chi connectivity index (χ3n) is 10.2. The van der Waals surface area contributed by atoms with Crippen LogP contribution in [-0.4, -0.2) is 24.3 Å². The van der Waals surface area contributed by atoms with Gasteiger partial charge in [-0.25, -0.2) is 0 Å². The summed E-state index contributed by atoms with van der Waals surface area (Å²) in [6.07, 6.45) is 5.89. The second-order valence-electron chi connectivity index (χ2n) is 12.9. The van der Waals surface area contributed by atoms with E-state index < -0.39 is 0 Å².